The summed E-state index contributed by atoms with van der Waals surface area (Å²) in [7, 11) is 0. The summed E-state index contributed by atoms with van der Waals surface area (Å²) in [4.78, 5) is 0. The van der Waals surface area contributed by atoms with E-state index in [4.69, 9.17) is 23.2 Å². The minimum Gasteiger partial charge on any atom is -0.506 e. The summed E-state index contributed by atoms with van der Waals surface area (Å²) >= 11 is 11.7. The molecular weight excluding hydrogens is 233 g/mol. The van der Waals surface area contributed by atoms with Crippen molar-refractivity contribution in [1.29, 1.82) is 0 Å². The molecule has 1 aromatic rings. The van der Waals surface area contributed by atoms with E-state index in [1.807, 2.05) is 0 Å². The van der Waals surface area contributed by atoms with Crippen molar-refractivity contribution in [3.05, 3.63) is 27.7 Å². The van der Waals surface area contributed by atoms with Gasteiger partial charge in [0.25, 0.3) is 0 Å². The van der Waals surface area contributed by atoms with Crippen LogP contribution >= 0.6 is 23.2 Å². The maximum atomic E-state index is 9.68. The van der Waals surface area contributed by atoms with Crippen molar-refractivity contribution < 1.29 is 5.11 Å². The van der Waals surface area contributed by atoms with Crippen molar-refractivity contribution in [2.45, 2.75) is 32.9 Å². The number of halogens is 2. The molecule has 0 saturated heterocycles. The molecule has 1 atom stereocenters. The first kappa shape index (κ1) is 12.6. The molecule has 1 rings (SSSR count). The van der Waals surface area contributed by atoms with Gasteiger partial charge in [-0.25, -0.2) is 0 Å². The Bertz CT molecular complexity index is 342. The predicted molar refractivity (Wildman–Crippen MR) is 64.7 cm³/mol. The molecule has 0 unspecified atom stereocenters. The molecular formula is C11H15Cl2NO. The number of hydrogen-bond acceptors (Lipinski definition) is 2. The highest BCUT2D eigenvalue weighted by Crippen LogP contribution is 2.30. The Morgan fingerprint density at radius 1 is 1.40 bits per heavy atom. The van der Waals surface area contributed by atoms with Crippen LogP contribution in [0, 0.1) is 0 Å². The molecule has 0 spiro atoms. The van der Waals surface area contributed by atoms with Gasteiger partial charge in [-0.3, -0.25) is 0 Å². The van der Waals surface area contributed by atoms with Crippen LogP contribution in [-0.4, -0.2) is 11.1 Å². The number of hydrogen-bond donors (Lipinski definition) is 2. The number of phenols is 1. The number of nitrogens with one attached hydrogen (secondary N) is 1. The molecule has 0 fully saturated rings. The van der Waals surface area contributed by atoms with E-state index in [0.29, 0.717) is 22.6 Å². The summed E-state index contributed by atoms with van der Waals surface area (Å²) in [5.41, 5.74) is 0.729. The zero-order valence-electron chi connectivity index (χ0n) is 8.85. The summed E-state index contributed by atoms with van der Waals surface area (Å²) in [6.07, 6.45) is 1.04. The zero-order chi connectivity index (χ0) is 11.4. The van der Waals surface area contributed by atoms with Crippen molar-refractivity contribution >= 4 is 23.2 Å². The summed E-state index contributed by atoms with van der Waals surface area (Å²) in [5.74, 6) is 0.108. The average Bonchev–Trinajstić information content (AvgIpc) is 2.20. The van der Waals surface area contributed by atoms with Gasteiger partial charge in [-0.1, -0.05) is 30.1 Å². The molecule has 15 heavy (non-hydrogen) atoms. The largest absolute Gasteiger partial charge is 0.506 e. The van der Waals surface area contributed by atoms with Crippen molar-refractivity contribution in [2.75, 3.05) is 0 Å². The fourth-order valence-corrected chi connectivity index (χ4v) is 1.72. The first-order chi connectivity index (χ1) is 7.04. The second-order valence-electron chi connectivity index (χ2n) is 3.59. The van der Waals surface area contributed by atoms with E-state index in [2.05, 4.69) is 19.2 Å². The molecule has 0 aliphatic carbocycles. The van der Waals surface area contributed by atoms with E-state index in [-0.39, 0.29) is 5.75 Å². The lowest BCUT2D eigenvalue weighted by Gasteiger charge is -2.13. The molecule has 4 heteroatoms. The van der Waals surface area contributed by atoms with Gasteiger partial charge in [0.1, 0.15) is 5.75 Å². The average molecular weight is 248 g/mol. The Balaban J connectivity index is 2.76. The molecule has 0 radical (unpaired) electrons. The third-order valence-corrected chi connectivity index (χ3v) is 2.87. The summed E-state index contributed by atoms with van der Waals surface area (Å²) < 4.78 is 0. The lowest BCUT2D eigenvalue weighted by atomic mass is 10.2. The van der Waals surface area contributed by atoms with Crippen LogP contribution in [0.4, 0.5) is 0 Å². The third-order valence-electron chi connectivity index (χ3n) is 2.36. The molecule has 0 heterocycles. The van der Waals surface area contributed by atoms with E-state index in [0.717, 1.165) is 12.0 Å². The third kappa shape index (κ3) is 3.56. The van der Waals surface area contributed by atoms with Crippen LogP contribution in [0.3, 0.4) is 0 Å². The molecule has 2 N–H and O–H groups in total. The molecule has 2 nitrogen and oxygen atoms in total. The SMILES string of the molecule is CC[C@@H](C)NCc1cc(Cl)cc(Cl)c1O. The van der Waals surface area contributed by atoms with Gasteiger partial charge < -0.3 is 10.4 Å². The Morgan fingerprint density at radius 2 is 2.07 bits per heavy atom. The van der Waals surface area contributed by atoms with E-state index >= 15 is 0 Å². The van der Waals surface area contributed by atoms with Crippen LogP contribution in [0.25, 0.3) is 0 Å². The van der Waals surface area contributed by atoms with E-state index in [1.54, 1.807) is 6.07 Å². The Kier molecular flexibility index (Phi) is 4.71. The Labute approximate surface area is 100 Å². The topological polar surface area (TPSA) is 32.3 Å². The summed E-state index contributed by atoms with van der Waals surface area (Å²) in [6, 6.07) is 3.66. The normalized spacial score (nSPS) is 12.8. The fourth-order valence-electron chi connectivity index (χ4n) is 1.18. The minimum atomic E-state index is 0.108. The summed E-state index contributed by atoms with van der Waals surface area (Å²) in [5, 5.41) is 13.8. The number of phenolic OH excluding ortho intramolecular Hbond substituents is 1. The van der Waals surface area contributed by atoms with Gasteiger partial charge in [0.05, 0.1) is 5.02 Å². The van der Waals surface area contributed by atoms with Crippen LogP contribution in [-0.2, 0) is 6.54 Å². The molecule has 0 saturated carbocycles. The maximum absolute atomic E-state index is 9.68. The van der Waals surface area contributed by atoms with Gasteiger partial charge in [-0.2, -0.15) is 0 Å². The van der Waals surface area contributed by atoms with Crippen LogP contribution < -0.4 is 5.32 Å². The van der Waals surface area contributed by atoms with Gasteiger partial charge in [-0.15, -0.1) is 0 Å². The van der Waals surface area contributed by atoms with Gasteiger partial charge in [0, 0.05) is 23.2 Å². The first-order valence-corrected chi connectivity index (χ1v) is 5.70. The van der Waals surface area contributed by atoms with E-state index in [1.165, 1.54) is 6.07 Å². The smallest absolute Gasteiger partial charge is 0.138 e. The van der Waals surface area contributed by atoms with E-state index < -0.39 is 0 Å². The van der Waals surface area contributed by atoms with Crippen LogP contribution in [0.2, 0.25) is 10.0 Å². The maximum Gasteiger partial charge on any atom is 0.138 e. The fraction of sp³-hybridized carbons (Fsp3) is 0.455. The van der Waals surface area contributed by atoms with Crippen molar-refractivity contribution in [2.24, 2.45) is 0 Å². The predicted octanol–water partition coefficient (Wildman–Crippen LogP) is 3.59. The van der Waals surface area contributed by atoms with Gasteiger partial charge in [-0.05, 0) is 25.5 Å². The quantitative estimate of drug-likeness (QED) is 0.853. The van der Waals surface area contributed by atoms with Crippen molar-refractivity contribution in [3.8, 4) is 5.75 Å². The molecule has 0 aliphatic rings. The van der Waals surface area contributed by atoms with Gasteiger partial charge >= 0.3 is 0 Å². The molecule has 0 aliphatic heterocycles. The van der Waals surface area contributed by atoms with Crippen molar-refractivity contribution in [3.63, 3.8) is 0 Å². The zero-order valence-corrected chi connectivity index (χ0v) is 10.4. The second kappa shape index (κ2) is 5.59. The molecule has 1 aromatic carbocycles. The summed E-state index contributed by atoms with van der Waals surface area (Å²) in [6.45, 7) is 4.76. The Morgan fingerprint density at radius 3 is 2.67 bits per heavy atom. The first-order valence-electron chi connectivity index (χ1n) is 4.94. The van der Waals surface area contributed by atoms with Crippen LogP contribution in [0.1, 0.15) is 25.8 Å². The highest BCUT2D eigenvalue weighted by atomic mass is 35.5. The highest BCUT2D eigenvalue weighted by molar-refractivity contribution is 6.35. The minimum absolute atomic E-state index is 0.108. The van der Waals surface area contributed by atoms with E-state index in [9.17, 15) is 5.11 Å². The van der Waals surface area contributed by atoms with Crippen LogP contribution in [0.15, 0.2) is 12.1 Å². The molecule has 0 bridgehead atoms. The standard InChI is InChI=1S/C11H15Cl2NO/c1-3-7(2)14-6-8-4-9(12)5-10(13)11(8)15/h4-5,7,14-15H,3,6H2,1-2H3/t7-/m1/s1. The lowest BCUT2D eigenvalue weighted by molar-refractivity contribution is 0.458. The Hall–Kier alpha value is -0.440. The number of benzene rings is 1. The second-order valence-corrected chi connectivity index (χ2v) is 4.43. The molecule has 84 valence electrons. The highest BCUT2D eigenvalue weighted by Gasteiger charge is 2.08. The number of rotatable bonds is 4. The van der Waals surface area contributed by atoms with Crippen molar-refractivity contribution in [1.82, 2.24) is 5.32 Å². The lowest BCUT2D eigenvalue weighted by Crippen LogP contribution is -2.24. The molecule has 0 aromatic heterocycles. The monoisotopic (exact) mass is 247 g/mol. The number of aromatic hydroxyl groups is 1. The van der Waals surface area contributed by atoms with Gasteiger partial charge in [0.2, 0.25) is 0 Å². The molecule has 0 amide bonds. The van der Waals surface area contributed by atoms with Gasteiger partial charge in [0.15, 0.2) is 0 Å². The van der Waals surface area contributed by atoms with Crippen LogP contribution in [0.5, 0.6) is 5.75 Å².